The molecular weight excluding hydrogens is 192 g/mol. The van der Waals surface area contributed by atoms with E-state index in [1.54, 1.807) is 0 Å². The van der Waals surface area contributed by atoms with Gasteiger partial charge in [-0.05, 0) is 19.4 Å². The SMILES string of the molecule is CCN1CCC(N2CCOCC2=O)CC1. The normalized spacial score (nSPS) is 25.9. The Morgan fingerprint density at radius 2 is 2.07 bits per heavy atom. The van der Waals surface area contributed by atoms with E-state index in [-0.39, 0.29) is 12.5 Å². The van der Waals surface area contributed by atoms with Gasteiger partial charge >= 0.3 is 0 Å². The summed E-state index contributed by atoms with van der Waals surface area (Å²) in [5.74, 6) is 0.177. The van der Waals surface area contributed by atoms with E-state index in [9.17, 15) is 4.79 Å². The first-order valence-corrected chi connectivity index (χ1v) is 5.91. The Morgan fingerprint density at radius 1 is 1.33 bits per heavy atom. The van der Waals surface area contributed by atoms with Gasteiger partial charge in [0.25, 0.3) is 0 Å². The average Bonchev–Trinajstić information content (AvgIpc) is 2.30. The molecule has 1 amide bonds. The van der Waals surface area contributed by atoms with Crippen molar-refractivity contribution in [2.24, 2.45) is 0 Å². The lowest BCUT2D eigenvalue weighted by Crippen LogP contribution is -2.51. The molecular formula is C11H20N2O2. The summed E-state index contributed by atoms with van der Waals surface area (Å²) in [6.45, 7) is 7.37. The number of hydrogen-bond acceptors (Lipinski definition) is 3. The summed E-state index contributed by atoms with van der Waals surface area (Å²) in [6.07, 6.45) is 2.25. The molecule has 0 aromatic rings. The van der Waals surface area contributed by atoms with Crippen LogP contribution < -0.4 is 0 Å². The van der Waals surface area contributed by atoms with E-state index in [0.29, 0.717) is 12.6 Å². The molecule has 2 saturated heterocycles. The lowest BCUT2D eigenvalue weighted by atomic mass is 10.0. The summed E-state index contributed by atoms with van der Waals surface area (Å²) in [6, 6.07) is 0.462. The topological polar surface area (TPSA) is 32.8 Å². The Labute approximate surface area is 91.2 Å². The van der Waals surface area contributed by atoms with Crippen LogP contribution in [0.2, 0.25) is 0 Å². The molecule has 15 heavy (non-hydrogen) atoms. The second-order valence-electron chi connectivity index (χ2n) is 4.31. The van der Waals surface area contributed by atoms with E-state index in [1.807, 2.05) is 4.90 Å². The van der Waals surface area contributed by atoms with Gasteiger partial charge in [-0.3, -0.25) is 4.79 Å². The Bertz CT molecular complexity index is 225. The third-order valence-corrected chi connectivity index (χ3v) is 3.47. The molecule has 0 aliphatic carbocycles. The number of rotatable bonds is 2. The number of amides is 1. The molecule has 4 nitrogen and oxygen atoms in total. The van der Waals surface area contributed by atoms with Crippen LogP contribution in [0.3, 0.4) is 0 Å². The third kappa shape index (κ3) is 2.49. The lowest BCUT2D eigenvalue weighted by Gasteiger charge is -2.39. The van der Waals surface area contributed by atoms with E-state index in [2.05, 4.69) is 11.8 Å². The lowest BCUT2D eigenvalue weighted by molar-refractivity contribution is -0.146. The Kier molecular flexibility index (Phi) is 3.59. The largest absolute Gasteiger partial charge is 0.370 e. The zero-order valence-corrected chi connectivity index (χ0v) is 9.45. The molecule has 4 heteroatoms. The van der Waals surface area contributed by atoms with Crippen LogP contribution in [0.15, 0.2) is 0 Å². The maximum atomic E-state index is 11.6. The van der Waals surface area contributed by atoms with Crippen LogP contribution in [-0.4, -0.2) is 61.1 Å². The van der Waals surface area contributed by atoms with Gasteiger partial charge in [0.15, 0.2) is 0 Å². The highest BCUT2D eigenvalue weighted by atomic mass is 16.5. The number of ether oxygens (including phenoxy) is 1. The predicted molar refractivity (Wildman–Crippen MR) is 57.7 cm³/mol. The van der Waals surface area contributed by atoms with Crippen molar-refractivity contribution in [2.45, 2.75) is 25.8 Å². The number of nitrogens with zero attached hydrogens (tertiary/aromatic N) is 2. The van der Waals surface area contributed by atoms with Crippen LogP contribution in [0.25, 0.3) is 0 Å². The fourth-order valence-corrected chi connectivity index (χ4v) is 2.46. The number of hydrogen-bond donors (Lipinski definition) is 0. The molecule has 0 N–H and O–H groups in total. The molecule has 86 valence electrons. The average molecular weight is 212 g/mol. The molecule has 0 atom stereocenters. The third-order valence-electron chi connectivity index (χ3n) is 3.47. The molecule has 0 aromatic heterocycles. The molecule has 2 fully saturated rings. The van der Waals surface area contributed by atoms with E-state index in [0.717, 1.165) is 39.0 Å². The minimum atomic E-state index is 0.177. The molecule has 2 aliphatic heterocycles. The molecule has 2 aliphatic rings. The van der Waals surface area contributed by atoms with E-state index >= 15 is 0 Å². The fourth-order valence-electron chi connectivity index (χ4n) is 2.46. The van der Waals surface area contributed by atoms with Gasteiger partial charge in [-0.2, -0.15) is 0 Å². The van der Waals surface area contributed by atoms with Gasteiger partial charge in [-0.15, -0.1) is 0 Å². The summed E-state index contributed by atoms with van der Waals surface area (Å²) in [4.78, 5) is 16.1. The van der Waals surface area contributed by atoms with Crippen LogP contribution in [0.1, 0.15) is 19.8 Å². The minimum absolute atomic E-state index is 0.177. The van der Waals surface area contributed by atoms with Crippen molar-refractivity contribution in [1.82, 2.24) is 9.80 Å². The summed E-state index contributed by atoms with van der Waals surface area (Å²) < 4.78 is 5.14. The number of likely N-dealkylation sites (tertiary alicyclic amines) is 1. The summed E-state index contributed by atoms with van der Waals surface area (Å²) >= 11 is 0. The highest BCUT2D eigenvalue weighted by Gasteiger charge is 2.29. The molecule has 2 heterocycles. The standard InChI is InChI=1S/C11H20N2O2/c1-2-12-5-3-10(4-6-12)13-7-8-15-9-11(13)14/h10H,2-9H2,1H3. The maximum absolute atomic E-state index is 11.6. The quantitative estimate of drug-likeness (QED) is 0.661. The van der Waals surface area contributed by atoms with Crippen LogP contribution in [0, 0.1) is 0 Å². The predicted octanol–water partition coefficient (Wildman–Crippen LogP) is 0.329. The second-order valence-corrected chi connectivity index (χ2v) is 4.31. The molecule has 0 radical (unpaired) electrons. The second kappa shape index (κ2) is 4.94. The van der Waals surface area contributed by atoms with Crippen molar-refractivity contribution in [2.75, 3.05) is 39.4 Å². The molecule has 0 bridgehead atoms. The van der Waals surface area contributed by atoms with Crippen LogP contribution in [-0.2, 0) is 9.53 Å². The van der Waals surface area contributed by atoms with Gasteiger partial charge in [0.1, 0.15) is 6.61 Å². The number of carbonyl (C=O) groups is 1. The number of piperidine rings is 1. The van der Waals surface area contributed by atoms with Gasteiger partial charge in [-0.1, -0.05) is 6.92 Å². The van der Waals surface area contributed by atoms with Crippen molar-refractivity contribution >= 4 is 5.91 Å². The van der Waals surface area contributed by atoms with Gasteiger partial charge in [0, 0.05) is 25.7 Å². The van der Waals surface area contributed by atoms with Crippen LogP contribution >= 0.6 is 0 Å². The number of morpholine rings is 1. The van der Waals surface area contributed by atoms with Gasteiger partial charge in [0.05, 0.1) is 6.61 Å². The molecule has 0 unspecified atom stereocenters. The maximum Gasteiger partial charge on any atom is 0.248 e. The molecule has 0 aromatic carbocycles. The van der Waals surface area contributed by atoms with Gasteiger partial charge < -0.3 is 14.5 Å². The Balaban J connectivity index is 1.86. The first-order valence-electron chi connectivity index (χ1n) is 5.91. The Hall–Kier alpha value is -0.610. The van der Waals surface area contributed by atoms with E-state index < -0.39 is 0 Å². The smallest absolute Gasteiger partial charge is 0.248 e. The van der Waals surface area contributed by atoms with Crippen molar-refractivity contribution in [1.29, 1.82) is 0 Å². The van der Waals surface area contributed by atoms with Gasteiger partial charge in [-0.25, -0.2) is 0 Å². The fraction of sp³-hybridized carbons (Fsp3) is 0.909. The Morgan fingerprint density at radius 3 is 2.67 bits per heavy atom. The zero-order valence-electron chi connectivity index (χ0n) is 9.45. The summed E-state index contributed by atoms with van der Waals surface area (Å²) in [5, 5.41) is 0. The van der Waals surface area contributed by atoms with Crippen LogP contribution in [0.4, 0.5) is 0 Å². The van der Waals surface area contributed by atoms with Crippen molar-refractivity contribution in [3.8, 4) is 0 Å². The first kappa shape index (κ1) is 10.9. The number of carbonyl (C=O) groups excluding carboxylic acids is 1. The van der Waals surface area contributed by atoms with E-state index in [1.165, 1.54) is 0 Å². The zero-order chi connectivity index (χ0) is 10.7. The highest BCUT2D eigenvalue weighted by molar-refractivity contribution is 5.78. The highest BCUT2D eigenvalue weighted by Crippen LogP contribution is 2.17. The summed E-state index contributed by atoms with van der Waals surface area (Å²) in [5.41, 5.74) is 0. The van der Waals surface area contributed by atoms with Crippen molar-refractivity contribution in [3.05, 3.63) is 0 Å². The van der Waals surface area contributed by atoms with Gasteiger partial charge in [0.2, 0.25) is 5.91 Å². The first-order chi connectivity index (χ1) is 7.31. The monoisotopic (exact) mass is 212 g/mol. The van der Waals surface area contributed by atoms with Crippen molar-refractivity contribution < 1.29 is 9.53 Å². The molecule has 0 spiro atoms. The van der Waals surface area contributed by atoms with E-state index in [4.69, 9.17) is 4.74 Å². The van der Waals surface area contributed by atoms with Crippen molar-refractivity contribution in [3.63, 3.8) is 0 Å². The summed E-state index contributed by atoms with van der Waals surface area (Å²) in [7, 11) is 0. The molecule has 2 rings (SSSR count). The van der Waals surface area contributed by atoms with Crippen LogP contribution in [0.5, 0.6) is 0 Å². The molecule has 0 saturated carbocycles. The minimum Gasteiger partial charge on any atom is -0.370 e.